The minimum Gasteiger partial charge on any atom is -0.462 e. The number of carbonyl (C=O) groups is 7. The topological polar surface area (TPSA) is 228 Å². The van der Waals surface area contributed by atoms with Crippen LogP contribution in [0.1, 0.15) is 453 Å². The zero-order valence-electron chi connectivity index (χ0n) is 79.9. The maximum atomic E-state index is 15.6. The number of carbonyl (C=O) groups excluding carboxylic acids is 7. The normalized spacial score (nSPS) is 16.4. The third kappa shape index (κ3) is 50.1. The number of esters is 5. The molecule has 9 atom stereocenters. The first-order chi connectivity index (χ1) is 60.3. The van der Waals surface area contributed by atoms with E-state index in [1.54, 1.807) is 0 Å². The number of unbranched alkanes of at least 4 members (excludes halogenated alkanes) is 42. The minimum absolute atomic E-state index is 0.0133. The summed E-state index contributed by atoms with van der Waals surface area (Å²) in [7, 11) is -3.40. The molecule has 0 aromatic heterocycles. The summed E-state index contributed by atoms with van der Waals surface area (Å²) < 4.78 is 46.7. The van der Waals surface area contributed by atoms with E-state index in [0.29, 0.717) is 44.9 Å². The molecule has 2 amide bonds. The lowest BCUT2D eigenvalue weighted by Crippen LogP contribution is -2.69. The van der Waals surface area contributed by atoms with Gasteiger partial charge in [-0.2, -0.15) is 0 Å². The molecule has 0 saturated carbocycles. The van der Waals surface area contributed by atoms with Crippen LogP contribution in [0.5, 0.6) is 0 Å². The summed E-state index contributed by atoms with van der Waals surface area (Å²) in [5, 5.41) is 21.5. The summed E-state index contributed by atoms with van der Waals surface area (Å²) in [6.07, 6.45) is 44.3. The van der Waals surface area contributed by atoms with Gasteiger partial charge < -0.3 is 48.6 Å². The predicted octanol–water partition coefficient (Wildman–Crippen LogP) is 25.6. The molecule has 0 bridgehead atoms. The molecule has 3 aromatic rings. The lowest BCUT2D eigenvalue weighted by atomic mass is 9.88. The lowest BCUT2D eigenvalue weighted by molar-refractivity contribution is -0.212. The van der Waals surface area contributed by atoms with Crippen LogP contribution < -0.4 is 21.0 Å². The largest absolute Gasteiger partial charge is 0.462 e. The van der Waals surface area contributed by atoms with E-state index >= 15 is 14.4 Å². The number of rotatable bonds is 78. The van der Waals surface area contributed by atoms with E-state index in [4.69, 9.17) is 32.8 Å². The first-order valence-electron chi connectivity index (χ1n) is 50.9. The highest BCUT2D eigenvalue weighted by molar-refractivity contribution is 6.99. The van der Waals surface area contributed by atoms with Crippen molar-refractivity contribution >= 4 is 60.4 Å². The molecule has 1 aliphatic rings. The van der Waals surface area contributed by atoms with Gasteiger partial charge >= 0.3 is 29.8 Å². The number of amides is 2. The molecule has 1 fully saturated rings. The first kappa shape index (κ1) is 110. The van der Waals surface area contributed by atoms with Gasteiger partial charge in [-0.3, -0.25) is 33.6 Å². The molecule has 17 nitrogen and oxygen atoms in total. The fourth-order valence-corrected chi connectivity index (χ4v) is 22.3. The van der Waals surface area contributed by atoms with E-state index in [9.17, 15) is 24.3 Å². The second kappa shape index (κ2) is 71.0. The Balaban J connectivity index is 1.92. The zero-order valence-corrected chi connectivity index (χ0v) is 80.9. The summed E-state index contributed by atoms with van der Waals surface area (Å²) in [5.74, 6) is -3.32. The molecule has 1 aliphatic heterocycles. The van der Waals surface area contributed by atoms with Crippen molar-refractivity contribution in [1.29, 1.82) is 0 Å². The van der Waals surface area contributed by atoms with Crippen LogP contribution in [-0.2, 0) is 73.0 Å². The molecule has 706 valence electrons. The van der Waals surface area contributed by atoms with Gasteiger partial charge in [0.25, 0.3) is 8.32 Å². The van der Waals surface area contributed by atoms with Gasteiger partial charge in [-0.25, -0.2) is 0 Å². The van der Waals surface area contributed by atoms with Crippen molar-refractivity contribution < 1.29 is 71.5 Å². The van der Waals surface area contributed by atoms with Gasteiger partial charge in [0.15, 0.2) is 6.10 Å². The second-order valence-electron chi connectivity index (χ2n) is 37.3. The summed E-state index contributed by atoms with van der Waals surface area (Å²) in [5.41, 5.74) is 0.781. The molecule has 3 N–H and O–H groups in total. The summed E-state index contributed by atoms with van der Waals surface area (Å²) in [6.45, 7) is 19.6. The van der Waals surface area contributed by atoms with Crippen LogP contribution in [0.2, 0.25) is 5.04 Å². The Bertz CT molecular complexity index is 3130. The Morgan fingerprint density at radius 3 is 1.07 bits per heavy atom. The van der Waals surface area contributed by atoms with Crippen LogP contribution in [0.25, 0.3) is 0 Å². The fourth-order valence-electron chi connectivity index (χ4n) is 17.7. The Labute approximate surface area is 755 Å². The first-order valence-corrected chi connectivity index (χ1v) is 52.9. The van der Waals surface area contributed by atoms with Gasteiger partial charge in [-0.15, -0.1) is 0 Å². The number of aliphatic hydroxyl groups excluding tert-OH is 1. The van der Waals surface area contributed by atoms with E-state index in [1.165, 1.54) is 109 Å². The van der Waals surface area contributed by atoms with Crippen molar-refractivity contribution in [3.05, 3.63) is 96.6 Å². The molecule has 4 rings (SSSR count). The van der Waals surface area contributed by atoms with E-state index in [0.717, 1.165) is 189 Å². The smallest absolute Gasteiger partial charge is 0.310 e. The van der Waals surface area contributed by atoms with Crippen LogP contribution >= 0.6 is 0 Å². The van der Waals surface area contributed by atoms with Crippen molar-refractivity contribution in [1.82, 2.24) is 10.6 Å². The Hall–Kier alpha value is -5.95. The van der Waals surface area contributed by atoms with Crippen molar-refractivity contribution in [3.63, 3.8) is 0 Å². The Morgan fingerprint density at radius 1 is 0.379 bits per heavy atom. The molecule has 0 unspecified atom stereocenters. The molecule has 124 heavy (non-hydrogen) atoms. The van der Waals surface area contributed by atoms with Crippen LogP contribution in [0, 0.1) is 0 Å². The Morgan fingerprint density at radius 2 is 0.710 bits per heavy atom. The molecule has 0 aliphatic carbocycles. The molecular weight excluding hydrogens is 1570 g/mol. The van der Waals surface area contributed by atoms with Crippen LogP contribution in [-0.4, -0.2) is 117 Å². The third-order valence-corrected chi connectivity index (χ3v) is 30.1. The van der Waals surface area contributed by atoms with E-state index < -0.39 is 91.9 Å². The number of hydrogen-bond acceptors (Lipinski definition) is 15. The van der Waals surface area contributed by atoms with Crippen molar-refractivity contribution in [2.24, 2.45) is 0 Å². The Kier molecular flexibility index (Phi) is 63.2. The van der Waals surface area contributed by atoms with Crippen molar-refractivity contribution in [2.75, 3.05) is 6.61 Å². The maximum Gasteiger partial charge on any atom is 0.310 e. The van der Waals surface area contributed by atoms with Crippen LogP contribution in [0.4, 0.5) is 0 Å². The predicted molar refractivity (Wildman–Crippen MR) is 509 cm³/mol. The number of ether oxygens (including phenoxy) is 6. The van der Waals surface area contributed by atoms with Crippen molar-refractivity contribution in [3.8, 4) is 0 Å². The lowest BCUT2D eigenvalue weighted by Gasteiger charge is -2.47. The average molecular weight is 1750 g/mol. The van der Waals surface area contributed by atoms with Crippen LogP contribution in [0.3, 0.4) is 0 Å². The van der Waals surface area contributed by atoms with Gasteiger partial charge in [0.2, 0.25) is 11.8 Å². The highest BCUT2D eigenvalue weighted by Crippen LogP contribution is 2.39. The summed E-state index contributed by atoms with van der Waals surface area (Å²) >= 11 is 0. The second-order valence-corrected chi connectivity index (χ2v) is 41.6. The number of hydrogen-bond donors (Lipinski definition) is 3. The van der Waals surface area contributed by atoms with E-state index in [-0.39, 0.29) is 88.9 Å². The number of nitrogens with one attached hydrogen (secondary N) is 2. The summed E-state index contributed by atoms with van der Waals surface area (Å²) in [4.78, 5) is 103. The number of aliphatic hydroxyl groups is 1. The molecular formula is C106H178N2O15Si. The van der Waals surface area contributed by atoms with Crippen LogP contribution in [0.15, 0.2) is 91.0 Å². The van der Waals surface area contributed by atoms with Gasteiger partial charge in [0.05, 0.1) is 44.4 Å². The van der Waals surface area contributed by atoms with E-state index in [1.807, 2.05) is 66.7 Å². The third-order valence-electron chi connectivity index (χ3n) is 25.1. The van der Waals surface area contributed by atoms with Gasteiger partial charge in [-0.05, 0) is 91.6 Å². The molecule has 18 heteroatoms. The molecule has 0 radical (unpaired) electrons. The van der Waals surface area contributed by atoms with Gasteiger partial charge in [-0.1, -0.05) is 423 Å². The molecule has 1 saturated heterocycles. The van der Waals surface area contributed by atoms with E-state index in [2.05, 4.69) is 97.2 Å². The van der Waals surface area contributed by atoms with Crippen molar-refractivity contribution in [2.45, 2.75) is 514 Å². The average Bonchev–Trinajstić information content (AvgIpc) is 0.718. The SMILES string of the molecule is CCCCCCCCCCC[C@H](CC(=O)N[C@@H](CC[C@@H]1O[C@H](CO[Si](c2ccccc2)(c2ccccc2)C(C)(C)C)[C@@H](O)[C@H](OC(=O)C[C@@H](CCCCCCCCCCC)OC(=O)CCCCCCCCC)[C@H]1NC(=O)C[C@@H](CCCCCCCCCCC)OC(=O)CCCCCCCCC)CC(=O)OCc1ccccc1)OC(=O)CCCCCCCCC. The monoisotopic (exact) mass is 1750 g/mol. The standard InChI is InChI=1S/C106H178N2O15Si/c1-10-16-22-28-34-37-43-46-57-69-89(119-98(111)76-64-49-40-31-25-19-13-4)82-96(109)107-88(81-101(114)117-85-87-67-55-52-56-68-87)79-80-94-103(108-97(110)83-90(70-58-47-44-38-35-29-23-17-11-2)120-99(112)77-65-50-41-32-26-20-14-5)105(104(116)95(122-94)86-118-124(106(7,8)9,92-72-60-53-61-73-92)93-74-62-54-63-75-93)123-102(115)84-91(71-59-48-45-39-36-30-24-18-12-3)121-100(113)78-66-51-42-33-27-21-15-6/h52-56,60-63,67-68,72-75,88-91,94-95,103-105,116H,10-51,57-59,64-66,69-71,76-86H2,1-9H3,(H,107,109)(H,108,110)/t88-,89+,90+,91+,94-,95+,103-,104+,105+/m0/s1. The quantitative estimate of drug-likeness (QED) is 0.0207. The fraction of sp³-hybridized carbons (Fsp3) is 0.764. The number of benzene rings is 3. The van der Waals surface area contributed by atoms with Gasteiger partial charge in [0.1, 0.15) is 37.1 Å². The highest BCUT2D eigenvalue weighted by Gasteiger charge is 2.54. The molecule has 1 heterocycles. The zero-order chi connectivity index (χ0) is 89.8. The summed E-state index contributed by atoms with van der Waals surface area (Å²) in [6, 6.07) is 27.5. The highest BCUT2D eigenvalue weighted by atomic mass is 28.4. The maximum absolute atomic E-state index is 15.6. The molecule has 0 spiro atoms. The molecule has 3 aromatic carbocycles. The van der Waals surface area contributed by atoms with Gasteiger partial charge in [0, 0.05) is 25.3 Å². The minimum atomic E-state index is -3.40.